The van der Waals surface area contributed by atoms with E-state index >= 15 is 0 Å². The predicted molar refractivity (Wildman–Crippen MR) is 76.1 cm³/mol. The highest BCUT2D eigenvalue weighted by Crippen LogP contribution is 2.29. The zero-order valence-corrected chi connectivity index (χ0v) is 12.2. The highest BCUT2D eigenvalue weighted by Gasteiger charge is 2.31. The Morgan fingerprint density at radius 2 is 1.89 bits per heavy atom. The summed E-state index contributed by atoms with van der Waals surface area (Å²) in [6.07, 6.45) is 0. The van der Waals surface area contributed by atoms with Gasteiger partial charge in [-0.1, -0.05) is 19.9 Å². The molecule has 0 radical (unpaired) electrons. The second kappa shape index (κ2) is 5.11. The molecule has 2 atom stereocenters. The van der Waals surface area contributed by atoms with Gasteiger partial charge in [-0.25, -0.2) is 8.42 Å². The molecule has 1 aliphatic rings. The van der Waals surface area contributed by atoms with Gasteiger partial charge in [0.25, 0.3) is 0 Å². The summed E-state index contributed by atoms with van der Waals surface area (Å²) in [7, 11) is -3.41. The minimum absolute atomic E-state index is 0.286. The van der Waals surface area contributed by atoms with Crippen molar-refractivity contribution in [1.29, 1.82) is 0 Å². The van der Waals surface area contributed by atoms with E-state index in [4.69, 9.17) is 5.73 Å². The molecule has 1 aromatic carbocycles. The van der Waals surface area contributed by atoms with Gasteiger partial charge in [0.1, 0.15) is 0 Å². The van der Waals surface area contributed by atoms with Crippen LogP contribution in [0.1, 0.15) is 13.8 Å². The summed E-state index contributed by atoms with van der Waals surface area (Å²) in [6, 6.07) is 6.49. The fourth-order valence-electron chi connectivity index (χ4n) is 2.15. The van der Waals surface area contributed by atoms with Crippen molar-refractivity contribution in [2.75, 3.05) is 18.8 Å². The topological polar surface area (TPSA) is 63.4 Å². The van der Waals surface area contributed by atoms with Crippen LogP contribution in [0.3, 0.4) is 0 Å². The number of hydrogen-bond donors (Lipinski definition) is 1. The van der Waals surface area contributed by atoms with Gasteiger partial charge >= 0.3 is 0 Å². The summed E-state index contributed by atoms with van der Waals surface area (Å²) < 4.78 is 26.5. The molecular weight excluding hydrogens is 268 g/mol. The Kier molecular flexibility index (Phi) is 3.89. The summed E-state index contributed by atoms with van der Waals surface area (Å²) >= 11 is 1.83. The van der Waals surface area contributed by atoms with E-state index in [0.717, 1.165) is 0 Å². The van der Waals surface area contributed by atoms with Gasteiger partial charge in [0.15, 0.2) is 0 Å². The summed E-state index contributed by atoms with van der Waals surface area (Å²) in [5.74, 6) is 0. The molecule has 0 spiro atoms. The van der Waals surface area contributed by atoms with Gasteiger partial charge < -0.3 is 5.73 Å². The van der Waals surface area contributed by atoms with Gasteiger partial charge in [0.2, 0.25) is 10.0 Å². The lowest BCUT2D eigenvalue weighted by atomic mass is 10.3. The number of hydrogen-bond acceptors (Lipinski definition) is 4. The Balaban J connectivity index is 2.31. The summed E-state index contributed by atoms with van der Waals surface area (Å²) in [6.45, 7) is 5.24. The Labute approximate surface area is 113 Å². The summed E-state index contributed by atoms with van der Waals surface area (Å²) in [5.41, 5.74) is 6.13. The molecule has 1 fully saturated rings. The number of nitrogens with two attached hydrogens (primary N) is 1. The fourth-order valence-corrected chi connectivity index (χ4v) is 5.34. The molecule has 1 heterocycles. The first-order valence-corrected chi connectivity index (χ1v) is 8.29. The normalized spacial score (nSPS) is 26.1. The van der Waals surface area contributed by atoms with Crippen LogP contribution >= 0.6 is 11.8 Å². The third-order valence-electron chi connectivity index (χ3n) is 2.88. The van der Waals surface area contributed by atoms with Crippen LogP contribution in [0.2, 0.25) is 0 Å². The maximum atomic E-state index is 12.5. The van der Waals surface area contributed by atoms with Gasteiger partial charge in [-0.15, -0.1) is 0 Å². The lowest BCUT2D eigenvalue weighted by Gasteiger charge is -2.33. The van der Waals surface area contributed by atoms with Gasteiger partial charge in [0.05, 0.1) is 4.90 Å². The van der Waals surface area contributed by atoms with E-state index in [1.54, 1.807) is 22.5 Å². The minimum atomic E-state index is -3.41. The van der Waals surface area contributed by atoms with Crippen LogP contribution in [0.5, 0.6) is 0 Å². The monoisotopic (exact) mass is 286 g/mol. The van der Waals surface area contributed by atoms with Crippen LogP contribution in [0.4, 0.5) is 5.69 Å². The van der Waals surface area contributed by atoms with Crippen molar-refractivity contribution in [3.8, 4) is 0 Å². The predicted octanol–water partition coefficient (Wildman–Crippen LogP) is 1.78. The van der Waals surface area contributed by atoms with Crippen molar-refractivity contribution < 1.29 is 8.42 Å². The van der Waals surface area contributed by atoms with Gasteiger partial charge in [-0.05, 0) is 18.2 Å². The molecule has 2 rings (SSSR count). The average Bonchev–Trinajstić information content (AvgIpc) is 2.27. The Bertz CT molecular complexity index is 521. The first-order valence-electron chi connectivity index (χ1n) is 5.91. The third-order valence-corrected chi connectivity index (χ3v) is 5.94. The largest absolute Gasteiger partial charge is 0.399 e. The Morgan fingerprint density at radius 1 is 1.28 bits per heavy atom. The maximum Gasteiger partial charge on any atom is 0.243 e. The van der Waals surface area contributed by atoms with Crippen molar-refractivity contribution >= 4 is 27.5 Å². The third kappa shape index (κ3) is 2.81. The molecule has 6 heteroatoms. The number of nitrogens with zero attached hydrogens (tertiary/aromatic N) is 1. The smallest absolute Gasteiger partial charge is 0.243 e. The van der Waals surface area contributed by atoms with E-state index in [1.807, 2.05) is 11.8 Å². The van der Waals surface area contributed by atoms with E-state index in [9.17, 15) is 8.42 Å². The lowest BCUT2D eigenvalue weighted by molar-refractivity contribution is 0.405. The zero-order valence-electron chi connectivity index (χ0n) is 10.5. The molecule has 18 heavy (non-hydrogen) atoms. The maximum absolute atomic E-state index is 12.5. The van der Waals surface area contributed by atoms with Gasteiger partial charge in [-0.3, -0.25) is 0 Å². The number of sulfonamides is 1. The van der Waals surface area contributed by atoms with Crippen LogP contribution in [0.25, 0.3) is 0 Å². The number of nitrogen functional groups attached to an aromatic ring is 1. The van der Waals surface area contributed by atoms with E-state index < -0.39 is 10.0 Å². The first kappa shape index (κ1) is 13.7. The first-order chi connectivity index (χ1) is 8.39. The number of rotatable bonds is 2. The highest BCUT2D eigenvalue weighted by atomic mass is 32.2. The number of thioether (sulfide) groups is 1. The standard InChI is InChI=1S/C12H18N2O2S2/c1-9-7-14(8-10(2)17-9)18(15,16)12-5-3-4-11(13)6-12/h3-6,9-10H,7-8,13H2,1-2H3. The van der Waals surface area contributed by atoms with Gasteiger partial charge in [0, 0.05) is 29.3 Å². The van der Waals surface area contributed by atoms with Crippen LogP contribution in [-0.2, 0) is 10.0 Å². The van der Waals surface area contributed by atoms with Crippen molar-refractivity contribution in [1.82, 2.24) is 4.31 Å². The Morgan fingerprint density at radius 3 is 2.44 bits per heavy atom. The summed E-state index contributed by atoms with van der Waals surface area (Å²) in [5, 5.41) is 0.647. The van der Waals surface area contributed by atoms with Crippen molar-refractivity contribution in [2.24, 2.45) is 0 Å². The van der Waals surface area contributed by atoms with Crippen molar-refractivity contribution in [3.05, 3.63) is 24.3 Å². The fraction of sp³-hybridized carbons (Fsp3) is 0.500. The minimum Gasteiger partial charge on any atom is -0.399 e. The molecule has 100 valence electrons. The molecular formula is C12H18N2O2S2. The quantitative estimate of drug-likeness (QED) is 0.842. The van der Waals surface area contributed by atoms with Crippen LogP contribution in [0, 0.1) is 0 Å². The average molecular weight is 286 g/mol. The highest BCUT2D eigenvalue weighted by molar-refractivity contribution is 8.00. The molecule has 1 saturated heterocycles. The van der Waals surface area contributed by atoms with E-state index in [0.29, 0.717) is 29.3 Å². The zero-order chi connectivity index (χ0) is 13.3. The second-order valence-electron chi connectivity index (χ2n) is 4.65. The molecule has 0 bridgehead atoms. The number of benzene rings is 1. The van der Waals surface area contributed by atoms with E-state index in [2.05, 4.69) is 13.8 Å². The van der Waals surface area contributed by atoms with Crippen molar-refractivity contribution in [2.45, 2.75) is 29.2 Å². The molecule has 0 aromatic heterocycles. The molecule has 2 N–H and O–H groups in total. The Hall–Kier alpha value is -0.720. The van der Waals surface area contributed by atoms with Crippen LogP contribution < -0.4 is 5.73 Å². The molecule has 0 saturated carbocycles. The van der Waals surface area contributed by atoms with Crippen LogP contribution in [0.15, 0.2) is 29.2 Å². The molecule has 0 amide bonds. The molecule has 0 aliphatic carbocycles. The molecule has 1 aliphatic heterocycles. The number of anilines is 1. The molecule has 1 aromatic rings. The van der Waals surface area contributed by atoms with Crippen LogP contribution in [-0.4, -0.2) is 36.3 Å². The second-order valence-corrected chi connectivity index (χ2v) is 8.47. The van der Waals surface area contributed by atoms with Crippen molar-refractivity contribution in [3.63, 3.8) is 0 Å². The SMILES string of the molecule is CC1CN(S(=O)(=O)c2cccc(N)c2)CC(C)S1. The summed E-state index contributed by atoms with van der Waals surface area (Å²) in [4.78, 5) is 0.286. The lowest BCUT2D eigenvalue weighted by Crippen LogP contribution is -2.43. The molecule has 2 unspecified atom stereocenters. The van der Waals surface area contributed by atoms with E-state index in [1.165, 1.54) is 6.07 Å². The van der Waals surface area contributed by atoms with E-state index in [-0.39, 0.29) is 4.90 Å². The molecule has 4 nitrogen and oxygen atoms in total. The van der Waals surface area contributed by atoms with Gasteiger partial charge in [-0.2, -0.15) is 16.1 Å².